The highest BCUT2D eigenvalue weighted by Gasteiger charge is 2.16. The maximum absolute atomic E-state index is 10.5. The zero-order valence-electron chi connectivity index (χ0n) is 6.45. The maximum atomic E-state index is 10.5. The molecule has 0 saturated heterocycles. The molecule has 0 atom stereocenters. The molecule has 0 aromatic carbocycles. The zero-order valence-corrected chi connectivity index (χ0v) is 8.04. The molecular weight excluding hydrogens is 224 g/mol. The predicted molar refractivity (Wildman–Crippen MR) is 48.0 cm³/mol. The number of pyridine rings is 1. The van der Waals surface area contributed by atoms with Crippen LogP contribution in [0.25, 0.3) is 0 Å². The van der Waals surface area contributed by atoms with Crippen LogP contribution in [0.5, 0.6) is 0 Å². The molecule has 1 heterocycles. The number of halogens is 1. The number of hydrogen-bond acceptors (Lipinski definition) is 3. The van der Waals surface area contributed by atoms with Crippen molar-refractivity contribution in [2.75, 3.05) is 0 Å². The van der Waals surface area contributed by atoms with Crippen molar-refractivity contribution in [1.29, 1.82) is 0 Å². The van der Waals surface area contributed by atoms with Gasteiger partial charge in [0.05, 0.1) is 4.92 Å². The Balaban J connectivity index is 3.29. The standard InChI is InChI=1S/C7H7BrN2O2/c1-2-5-3-9-4-6(8)7(5)10(11)12/h3-4H,2H2,1H3. The molecule has 1 aromatic heterocycles. The first-order valence-corrected chi connectivity index (χ1v) is 4.23. The van der Waals surface area contributed by atoms with Crippen molar-refractivity contribution < 1.29 is 4.92 Å². The first kappa shape index (κ1) is 9.12. The second-order valence-corrected chi connectivity index (χ2v) is 3.09. The number of hydrogen-bond donors (Lipinski definition) is 0. The van der Waals surface area contributed by atoms with Gasteiger partial charge in [0.25, 0.3) is 5.69 Å². The van der Waals surface area contributed by atoms with E-state index in [1.807, 2.05) is 6.92 Å². The predicted octanol–water partition coefficient (Wildman–Crippen LogP) is 2.31. The van der Waals surface area contributed by atoms with Gasteiger partial charge in [-0.05, 0) is 22.4 Å². The molecule has 0 saturated carbocycles. The molecule has 0 fully saturated rings. The fourth-order valence-electron chi connectivity index (χ4n) is 0.932. The molecule has 64 valence electrons. The van der Waals surface area contributed by atoms with Gasteiger partial charge < -0.3 is 0 Å². The van der Waals surface area contributed by atoms with E-state index in [9.17, 15) is 10.1 Å². The number of nitrogens with zero attached hydrogens (tertiary/aromatic N) is 2. The molecule has 0 N–H and O–H groups in total. The van der Waals surface area contributed by atoms with Crippen molar-refractivity contribution in [3.63, 3.8) is 0 Å². The molecule has 0 aliphatic carbocycles. The summed E-state index contributed by atoms with van der Waals surface area (Å²) in [6, 6.07) is 0. The lowest BCUT2D eigenvalue weighted by atomic mass is 10.2. The van der Waals surface area contributed by atoms with E-state index in [0.717, 1.165) is 0 Å². The Morgan fingerprint density at radius 1 is 1.67 bits per heavy atom. The number of aryl methyl sites for hydroxylation is 1. The van der Waals surface area contributed by atoms with Gasteiger partial charge in [-0.3, -0.25) is 15.1 Å². The second kappa shape index (κ2) is 3.62. The second-order valence-electron chi connectivity index (χ2n) is 2.24. The number of aromatic nitrogens is 1. The van der Waals surface area contributed by atoms with Crippen LogP contribution >= 0.6 is 15.9 Å². The van der Waals surface area contributed by atoms with Crippen molar-refractivity contribution in [1.82, 2.24) is 4.98 Å². The van der Waals surface area contributed by atoms with Crippen LogP contribution in [0.3, 0.4) is 0 Å². The molecule has 12 heavy (non-hydrogen) atoms. The topological polar surface area (TPSA) is 56.0 Å². The van der Waals surface area contributed by atoms with Crippen molar-refractivity contribution in [3.8, 4) is 0 Å². The summed E-state index contributed by atoms with van der Waals surface area (Å²) in [5.74, 6) is 0. The van der Waals surface area contributed by atoms with Crippen molar-refractivity contribution in [3.05, 3.63) is 32.5 Å². The lowest BCUT2D eigenvalue weighted by molar-refractivity contribution is -0.386. The summed E-state index contributed by atoms with van der Waals surface area (Å²) in [6.07, 6.45) is 3.56. The van der Waals surface area contributed by atoms with Crippen LogP contribution in [0, 0.1) is 10.1 Å². The van der Waals surface area contributed by atoms with Crippen LogP contribution in [0.2, 0.25) is 0 Å². The summed E-state index contributed by atoms with van der Waals surface area (Å²) in [4.78, 5) is 14.0. The van der Waals surface area contributed by atoms with Gasteiger partial charge in [0, 0.05) is 18.0 Å². The Kier molecular flexibility index (Phi) is 2.75. The summed E-state index contributed by atoms with van der Waals surface area (Å²) < 4.78 is 0.437. The Labute approximate surface area is 77.9 Å². The molecule has 5 heteroatoms. The van der Waals surface area contributed by atoms with E-state index in [-0.39, 0.29) is 5.69 Å². The first-order valence-electron chi connectivity index (χ1n) is 3.43. The monoisotopic (exact) mass is 230 g/mol. The first-order chi connectivity index (χ1) is 5.66. The largest absolute Gasteiger partial charge is 0.289 e. The van der Waals surface area contributed by atoms with Crippen LogP contribution in [0.4, 0.5) is 5.69 Å². The maximum Gasteiger partial charge on any atom is 0.289 e. The van der Waals surface area contributed by atoms with Gasteiger partial charge in [0.15, 0.2) is 0 Å². The van der Waals surface area contributed by atoms with Crippen LogP contribution in [-0.2, 0) is 6.42 Å². The van der Waals surface area contributed by atoms with Crippen molar-refractivity contribution in [2.45, 2.75) is 13.3 Å². The van der Waals surface area contributed by atoms with E-state index < -0.39 is 4.92 Å². The van der Waals surface area contributed by atoms with Crippen molar-refractivity contribution >= 4 is 21.6 Å². The third kappa shape index (κ3) is 1.61. The van der Waals surface area contributed by atoms with E-state index >= 15 is 0 Å². The fourth-order valence-corrected chi connectivity index (χ4v) is 1.45. The molecule has 0 amide bonds. The molecule has 0 spiro atoms. The SMILES string of the molecule is CCc1cncc(Br)c1[N+](=O)[O-]. The Bertz CT molecular complexity index is 314. The van der Waals surface area contributed by atoms with Crippen LogP contribution in [0.1, 0.15) is 12.5 Å². The smallest absolute Gasteiger partial charge is 0.263 e. The Morgan fingerprint density at radius 2 is 2.33 bits per heavy atom. The van der Waals surface area contributed by atoms with Gasteiger partial charge in [-0.2, -0.15) is 0 Å². The molecule has 0 bridgehead atoms. The zero-order chi connectivity index (χ0) is 9.14. The molecule has 1 rings (SSSR count). The van der Waals surface area contributed by atoms with Crippen molar-refractivity contribution in [2.24, 2.45) is 0 Å². The quantitative estimate of drug-likeness (QED) is 0.579. The van der Waals surface area contributed by atoms with E-state index in [2.05, 4.69) is 20.9 Å². The molecule has 0 aliphatic heterocycles. The summed E-state index contributed by atoms with van der Waals surface area (Å²) in [5, 5.41) is 10.5. The van der Waals surface area contributed by atoms with Gasteiger partial charge in [0.1, 0.15) is 4.47 Å². The van der Waals surface area contributed by atoms with Crippen LogP contribution in [0.15, 0.2) is 16.9 Å². The van der Waals surface area contributed by atoms with E-state index in [1.165, 1.54) is 12.4 Å². The normalized spacial score (nSPS) is 9.83. The average molecular weight is 231 g/mol. The Morgan fingerprint density at radius 3 is 2.75 bits per heavy atom. The van der Waals surface area contributed by atoms with Crippen LogP contribution < -0.4 is 0 Å². The molecular formula is C7H7BrN2O2. The Hall–Kier alpha value is -0.970. The average Bonchev–Trinajstić information content (AvgIpc) is 2.03. The van der Waals surface area contributed by atoms with Gasteiger partial charge in [-0.1, -0.05) is 6.92 Å². The van der Waals surface area contributed by atoms with Gasteiger partial charge in [0.2, 0.25) is 0 Å². The summed E-state index contributed by atoms with van der Waals surface area (Å²) in [7, 11) is 0. The summed E-state index contributed by atoms with van der Waals surface area (Å²) in [5.41, 5.74) is 0.766. The number of rotatable bonds is 2. The molecule has 0 radical (unpaired) electrons. The van der Waals surface area contributed by atoms with Gasteiger partial charge in [-0.25, -0.2) is 0 Å². The van der Waals surface area contributed by atoms with E-state index in [4.69, 9.17) is 0 Å². The molecule has 0 aliphatic rings. The molecule has 4 nitrogen and oxygen atoms in total. The molecule has 0 unspecified atom stereocenters. The minimum atomic E-state index is -0.398. The molecule has 1 aromatic rings. The third-order valence-corrected chi connectivity index (χ3v) is 2.09. The van der Waals surface area contributed by atoms with Gasteiger partial charge >= 0.3 is 0 Å². The minimum Gasteiger partial charge on any atom is -0.263 e. The minimum absolute atomic E-state index is 0.118. The van der Waals surface area contributed by atoms with E-state index in [0.29, 0.717) is 16.5 Å². The number of nitro groups is 1. The lowest BCUT2D eigenvalue weighted by Crippen LogP contribution is -1.96. The summed E-state index contributed by atoms with van der Waals surface area (Å²) >= 11 is 3.08. The highest BCUT2D eigenvalue weighted by atomic mass is 79.9. The lowest BCUT2D eigenvalue weighted by Gasteiger charge is -1.99. The van der Waals surface area contributed by atoms with E-state index in [1.54, 1.807) is 0 Å². The van der Waals surface area contributed by atoms with Gasteiger partial charge in [-0.15, -0.1) is 0 Å². The fraction of sp³-hybridized carbons (Fsp3) is 0.286. The highest BCUT2D eigenvalue weighted by molar-refractivity contribution is 9.10. The van der Waals surface area contributed by atoms with Crippen LogP contribution in [-0.4, -0.2) is 9.91 Å². The summed E-state index contributed by atoms with van der Waals surface area (Å²) in [6.45, 7) is 1.86. The highest BCUT2D eigenvalue weighted by Crippen LogP contribution is 2.27. The third-order valence-electron chi connectivity index (χ3n) is 1.51.